The molecule has 1 aliphatic rings. The van der Waals surface area contributed by atoms with Crippen molar-refractivity contribution in [1.82, 2.24) is 5.32 Å². The standard InChI is InChI=1S/C17H16F3NO2/c18-12-3-1-2-11(8-12)17(16-10-21-6-7-22-16)23-15-5-4-13(19)9-14(15)20/h1-5,8-9,16-17,21H,6-7,10H2/t16?,17-/m0/s1. The monoisotopic (exact) mass is 323 g/mol. The van der Waals surface area contributed by atoms with Gasteiger partial charge in [0.05, 0.1) is 6.61 Å². The van der Waals surface area contributed by atoms with Crippen LogP contribution in [-0.4, -0.2) is 25.8 Å². The van der Waals surface area contributed by atoms with Crippen LogP contribution in [0, 0.1) is 17.5 Å². The molecule has 6 heteroatoms. The van der Waals surface area contributed by atoms with Gasteiger partial charge in [-0.05, 0) is 29.8 Å². The van der Waals surface area contributed by atoms with Crippen LogP contribution in [0.3, 0.4) is 0 Å². The summed E-state index contributed by atoms with van der Waals surface area (Å²) in [5.41, 5.74) is 0.530. The zero-order valence-electron chi connectivity index (χ0n) is 12.3. The van der Waals surface area contributed by atoms with E-state index in [1.807, 2.05) is 0 Å². The molecule has 122 valence electrons. The topological polar surface area (TPSA) is 30.5 Å². The van der Waals surface area contributed by atoms with Gasteiger partial charge in [0.15, 0.2) is 17.7 Å². The summed E-state index contributed by atoms with van der Waals surface area (Å²) in [6, 6.07) is 8.96. The van der Waals surface area contributed by atoms with Gasteiger partial charge in [-0.15, -0.1) is 0 Å². The van der Waals surface area contributed by atoms with E-state index in [0.29, 0.717) is 25.3 Å². The van der Waals surface area contributed by atoms with Crippen molar-refractivity contribution in [3.8, 4) is 5.75 Å². The third-order valence-corrected chi connectivity index (χ3v) is 3.62. The first-order chi connectivity index (χ1) is 11.1. The van der Waals surface area contributed by atoms with Crippen molar-refractivity contribution in [3.05, 3.63) is 65.5 Å². The molecule has 0 saturated carbocycles. The van der Waals surface area contributed by atoms with Gasteiger partial charge in [-0.2, -0.15) is 0 Å². The molecule has 0 amide bonds. The summed E-state index contributed by atoms with van der Waals surface area (Å²) in [6.07, 6.45) is -1.12. The van der Waals surface area contributed by atoms with Gasteiger partial charge in [-0.3, -0.25) is 0 Å². The average Bonchev–Trinajstić information content (AvgIpc) is 2.55. The first kappa shape index (κ1) is 15.8. The van der Waals surface area contributed by atoms with Crippen LogP contribution in [0.25, 0.3) is 0 Å². The fourth-order valence-corrected chi connectivity index (χ4v) is 2.53. The van der Waals surface area contributed by atoms with Crippen molar-refractivity contribution in [2.75, 3.05) is 19.7 Å². The summed E-state index contributed by atoms with van der Waals surface area (Å²) in [4.78, 5) is 0. The first-order valence-corrected chi connectivity index (χ1v) is 7.33. The maximum atomic E-state index is 13.9. The predicted molar refractivity (Wildman–Crippen MR) is 78.7 cm³/mol. The summed E-state index contributed by atoms with van der Waals surface area (Å²) in [5.74, 6) is -2.02. The molecule has 0 aromatic heterocycles. The maximum Gasteiger partial charge on any atom is 0.168 e. The number of ether oxygens (including phenoxy) is 2. The van der Waals surface area contributed by atoms with Crippen LogP contribution in [0.5, 0.6) is 5.75 Å². The molecule has 23 heavy (non-hydrogen) atoms. The van der Waals surface area contributed by atoms with Crippen molar-refractivity contribution in [3.63, 3.8) is 0 Å². The molecule has 0 aliphatic carbocycles. The minimum atomic E-state index is -0.810. The van der Waals surface area contributed by atoms with Gasteiger partial charge < -0.3 is 14.8 Å². The quantitative estimate of drug-likeness (QED) is 0.937. The Morgan fingerprint density at radius 3 is 2.61 bits per heavy atom. The van der Waals surface area contributed by atoms with E-state index >= 15 is 0 Å². The highest BCUT2D eigenvalue weighted by molar-refractivity contribution is 5.28. The SMILES string of the molecule is Fc1cccc([C@H](Oc2ccc(F)cc2F)C2CNCCO2)c1. The number of nitrogens with one attached hydrogen (secondary N) is 1. The Morgan fingerprint density at radius 1 is 1.09 bits per heavy atom. The second-order valence-corrected chi connectivity index (χ2v) is 5.28. The maximum absolute atomic E-state index is 13.9. The van der Waals surface area contributed by atoms with Gasteiger partial charge in [0.1, 0.15) is 17.7 Å². The van der Waals surface area contributed by atoms with Gasteiger partial charge in [0.25, 0.3) is 0 Å². The van der Waals surface area contributed by atoms with Crippen LogP contribution in [0.4, 0.5) is 13.2 Å². The molecule has 1 saturated heterocycles. The second kappa shape index (κ2) is 7.02. The van der Waals surface area contributed by atoms with Crippen molar-refractivity contribution < 1.29 is 22.6 Å². The average molecular weight is 323 g/mol. The smallest absolute Gasteiger partial charge is 0.168 e. The Balaban J connectivity index is 1.91. The first-order valence-electron chi connectivity index (χ1n) is 7.33. The van der Waals surface area contributed by atoms with Crippen LogP contribution in [0.1, 0.15) is 11.7 Å². The van der Waals surface area contributed by atoms with Crippen LogP contribution in [0.15, 0.2) is 42.5 Å². The minimum Gasteiger partial charge on any atom is -0.480 e. The fourth-order valence-electron chi connectivity index (χ4n) is 2.53. The zero-order valence-corrected chi connectivity index (χ0v) is 12.3. The summed E-state index contributed by atoms with van der Waals surface area (Å²) >= 11 is 0. The highest BCUT2D eigenvalue weighted by atomic mass is 19.1. The lowest BCUT2D eigenvalue weighted by atomic mass is 10.0. The van der Waals surface area contributed by atoms with Gasteiger partial charge in [0, 0.05) is 19.2 Å². The van der Waals surface area contributed by atoms with E-state index < -0.39 is 29.7 Å². The fraction of sp³-hybridized carbons (Fsp3) is 0.294. The van der Waals surface area contributed by atoms with E-state index in [4.69, 9.17) is 9.47 Å². The molecule has 1 heterocycles. The molecule has 0 radical (unpaired) electrons. The zero-order chi connectivity index (χ0) is 16.2. The van der Waals surface area contributed by atoms with E-state index in [-0.39, 0.29) is 5.75 Å². The van der Waals surface area contributed by atoms with E-state index in [1.165, 1.54) is 18.2 Å². The summed E-state index contributed by atoms with van der Waals surface area (Å²) < 4.78 is 51.8. The molecule has 0 bridgehead atoms. The lowest BCUT2D eigenvalue weighted by Crippen LogP contribution is -2.43. The van der Waals surface area contributed by atoms with E-state index in [1.54, 1.807) is 12.1 Å². The molecule has 0 spiro atoms. The molecule has 1 aliphatic heterocycles. The van der Waals surface area contributed by atoms with E-state index in [9.17, 15) is 13.2 Å². The normalized spacial score (nSPS) is 19.3. The van der Waals surface area contributed by atoms with Crippen LogP contribution >= 0.6 is 0 Å². The number of hydrogen-bond acceptors (Lipinski definition) is 3. The lowest BCUT2D eigenvalue weighted by Gasteiger charge is -2.31. The third kappa shape index (κ3) is 3.83. The highest BCUT2D eigenvalue weighted by Gasteiger charge is 2.29. The Hall–Kier alpha value is -2.05. The highest BCUT2D eigenvalue weighted by Crippen LogP contribution is 2.29. The molecule has 1 fully saturated rings. The minimum absolute atomic E-state index is 0.102. The van der Waals surface area contributed by atoms with Crippen molar-refractivity contribution in [2.24, 2.45) is 0 Å². The molecule has 1 unspecified atom stereocenters. The predicted octanol–water partition coefficient (Wildman–Crippen LogP) is 3.21. The molecule has 2 atom stereocenters. The summed E-state index contributed by atoms with van der Waals surface area (Å²) in [7, 11) is 0. The summed E-state index contributed by atoms with van der Waals surface area (Å²) in [5, 5.41) is 3.16. The van der Waals surface area contributed by atoms with Gasteiger partial charge in [-0.25, -0.2) is 13.2 Å². The Morgan fingerprint density at radius 2 is 1.91 bits per heavy atom. The Kier molecular flexibility index (Phi) is 4.83. The number of morpholine rings is 1. The molecule has 2 aromatic rings. The van der Waals surface area contributed by atoms with Crippen LogP contribution < -0.4 is 10.1 Å². The number of hydrogen-bond donors (Lipinski definition) is 1. The lowest BCUT2D eigenvalue weighted by molar-refractivity contribution is -0.0443. The van der Waals surface area contributed by atoms with Gasteiger partial charge in [-0.1, -0.05) is 12.1 Å². The summed E-state index contributed by atoms with van der Waals surface area (Å²) in [6.45, 7) is 1.67. The largest absolute Gasteiger partial charge is 0.480 e. The third-order valence-electron chi connectivity index (χ3n) is 3.62. The van der Waals surface area contributed by atoms with Crippen molar-refractivity contribution in [1.29, 1.82) is 0 Å². The Labute approximate surface area is 132 Å². The molecule has 1 N–H and O–H groups in total. The van der Waals surface area contributed by atoms with Gasteiger partial charge >= 0.3 is 0 Å². The number of benzene rings is 2. The molecular formula is C17H16F3NO2. The molecular weight excluding hydrogens is 307 g/mol. The van der Waals surface area contributed by atoms with E-state index in [0.717, 1.165) is 12.1 Å². The van der Waals surface area contributed by atoms with E-state index in [2.05, 4.69) is 5.32 Å². The number of halogens is 3. The van der Waals surface area contributed by atoms with Crippen molar-refractivity contribution in [2.45, 2.75) is 12.2 Å². The van der Waals surface area contributed by atoms with Crippen LogP contribution in [0.2, 0.25) is 0 Å². The Bertz CT molecular complexity index is 675. The molecule has 3 nitrogen and oxygen atoms in total. The molecule has 2 aromatic carbocycles. The van der Waals surface area contributed by atoms with Crippen LogP contribution in [-0.2, 0) is 4.74 Å². The second-order valence-electron chi connectivity index (χ2n) is 5.28. The molecule has 3 rings (SSSR count). The van der Waals surface area contributed by atoms with Gasteiger partial charge in [0.2, 0.25) is 0 Å². The number of rotatable bonds is 4. The van der Waals surface area contributed by atoms with Crippen molar-refractivity contribution >= 4 is 0 Å².